The molecule has 0 aliphatic heterocycles. The quantitative estimate of drug-likeness (QED) is 0.855. The van der Waals surface area contributed by atoms with Crippen LogP contribution < -0.4 is 10.1 Å². The predicted molar refractivity (Wildman–Crippen MR) is 85.6 cm³/mol. The van der Waals surface area contributed by atoms with Gasteiger partial charge in [-0.2, -0.15) is 0 Å². The fourth-order valence-corrected chi connectivity index (χ4v) is 2.52. The molecular weight excluding hydrogens is 246 g/mol. The van der Waals surface area contributed by atoms with Gasteiger partial charge in [0, 0.05) is 12.2 Å². The van der Waals surface area contributed by atoms with Gasteiger partial charge in [0.05, 0.1) is 6.61 Å². The molecule has 1 N–H and O–H groups in total. The molecule has 2 nitrogen and oxygen atoms in total. The van der Waals surface area contributed by atoms with Gasteiger partial charge in [-0.15, -0.1) is 0 Å². The maximum absolute atomic E-state index is 5.45. The van der Waals surface area contributed by atoms with Gasteiger partial charge in [0.2, 0.25) is 0 Å². The smallest absolute Gasteiger partial charge is 0.119 e. The summed E-state index contributed by atoms with van der Waals surface area (Å²) < 4.78 is 5.45. The molecule has 0 unspecified atom stereocenters. The van der Waals surface area contributed by atoms with E-state index in [1.54, 1.807) is 0 Å². The van der Waals surface area contributed by atoms with E-state index in [0.29, 0.717) is 6.61 Å². The van der Waals surface area contributed by atoms with E-state index in [2.05, 4.69) is 50.4 Å². The molecule has 0 saturated carbocycles. The highest BCUT2D eigenvalue weighted by Crippen LogP contribution is 2.23. The van der Waals surface area contributed by atoms with Crippen molar-refractivity contribution in [2.24, 2.45) is 0 Å². The maximum Gasteiger partial charge on any atom is 0.119 e. The lowest BCUT2D eigenvalue weighted by Crippen LogP contribution is -2.03. The van der Waals surface area contributed by atoms with E-state index in [0.717, 1.165) is 12.3 Å². The summed E-state index contributed by atoms with van der Waals surface area (Å²) in [5.41, 5.74) is 6.41. The summed E-state index contributed by atoms with van der Waals surface area (Å²) in [4.78, 5) is 0. The predicted octanol–water partition coefficient (Wildman–Crippen LogP) is 4.62. The molecule has 0 heterocycles. The van der Waals surface area contributed by atoms with Crippen LogP contribution in [0.2, 0.25) is 0 Å². The van der Waals surface area contributed by atoms with Gasteiger partial charge in [0.15, 0.2) is 0 Å². The molecule has 0 radical (unpaired) electrons. The van der Waals surface area contributed by atoms with Crippen LogP contribution in [0, 0.1) is 20.8 Å². The highest BCUT2D eigenvalue weighted by atomic mass is 16.5. The second-order valence-corrected chi connectivity index (χ2v) is 5.20. The van der Waals surface area contributed by atoms with Crippen molar-refractivity contribution in [3.63, 3.8) is 0 Å². The minimum atomic E-state index is 0.708. The Morgan fingerprint density at radius 3 is 2.10 bits per heavy atom. The third kappa shape index (κ3) is 3.53. The van der Waals surface area contributed by atoms with E-state index in [1.165, 1.54) is 27.9 Å². The summed E-state index contributed by atoms with van der Waals surface area (Å²) in [6.07, 6.45) is 0. The van der Waals surface area contributed by atoms with E-state index in [4.69, 9.17) is 4.74 Å². The van der Waals surface area contributed by atoms with Crippen molar-refractivity contribution < 1.29 is 4.74 Å². The highest BCUT2D eigenvalue weighted by Gasteiger charge is 2.03. The summed E-state index contributed by atoms with van der Waals surface area (Å²) in [6.45, 7) is 9.98. The Hall–Kier alpha value is -1.96. The van der Waals surface area contributed by atoms with E-state index in [9.17, 15) is 0 Å². The average molecular weight is 269 g/mol. The second-order valence-electron chi connectivity index (χ2n) is 5.20. The number of rotatable bonds is 5. The van der Waals surface area contributed by atoms with Gasteiger partial charge in [-0.25, -0.2) is 0 Å². The number of anilines is 1. The monoisotopic (exact) mass is 269 g/mol. The zero-order valence-corrected chi connectivity index (χ0v) is 12.8. The minimum Gasteiger partial charge on any atom is -0.494 e. The van der Waals surface area contributed by atoms with E-state index in [1.807, 2.05) is 19.1 Å². The lowest BCUT2D eigenvalue weighted by Gasteiger charge is -2.14. The number of nitrogens with one attached hydrogen (secondary N) is 1. The molecule has 106 valence electrons. The molecule has 0 spiro atoms. The molecule has 0 aliphatic carbocycles. The lowest BCUT2D eigenvalue weighted by molar-refractivity contribution is 0.340. The van der Waals surface area contributed by atoms with Gasteiger partial charge in [0.25, 0.3) is 0 Å². The van der Waals surface area contributed by atoms with Gasteiger partial charge in [-0.05, 0) is 56.5 Å². The Labute approximate surface area is 121 Å². The first-order valence-corrected chi connectivity index (χ1v) is 7.13. The van der Waals surface area contributed by atoms with Gasteiger partial charge in [0.1, 0.15) is 5.75 Å². The highest BCUT2D eigenvalue weighted by molar-refractivity contribution is 5.58. The van der Waals surface area contributed by atoms with Crippen LogP contribution in [-0.4, -0.2) is 6.61 Å². The van der Waals surface area contributed by atoms with Gasteiger partial charge >= 0.3 is 0 Å². The van der Waals surface area contributed by atoms with Crippen molar-refractivity contribution in [2.45, 2.75) is 34.2 Å². The fourth-order valence-electron chi connectivity index (χ4n) is 2.52. The first-order valence-electron chi connectivity index (χ1n) is 7.13. The van der Waals surface area contributed by atoms with Gasteiger partial charge in [-0.3, -0.25) is 0 Å². The Kier molecular flexibility index (Phi) is 4.67. The van der Waals surface area contributed by atoms with Crippen molar-refractivity contribution in [2.75, 3.05) is 11.9 Å². The average Bonchev–Trinajstić information content (AvgIpc) is 2.39. The standard InChI is InChI=1S/C18H23NO/c1-5-20-17-8-6-16(7-9-17)12-19-18-14(3)10-13(2)11-15(18)4/h6-11,19H,5,12H2,1-4H3. The van der Waals surface area contributed by atoms with Crippen molar-refractivity contribution in [3.05, 3.63) is 58.7 Å². The molecule has 0 atom stereocenters. The molecule has 2 aromatic rings. The van der Waals surface area contributed by atoms with Crippen LogP contribution in [0.3, 0.4) is 0 Å². The van der Waals surface area contributed by atoms with Crippen LogP contribution in [0.15, 0.2) is 36.4 Å². The zero-order valence-electron chi connectivity index (χ0n) is 12.8. The zero-order chi connectivity index (χ0) is 14.5. The fraction of sp³-hybridized carbons (Fsp3) is 0.333. The maximum atomic E-state index is 5.45. The third-order valence-electron chi connectivity index (χ3n) is 3.38. The third-order valence-corrected chi connectivity index (χ3v) is 3.38. The molecule has 0 bridgehead atoms. The van der Waals surface area contributed by atoms with Gasteiger partial charge in [-0.1, -0.05) is 29.8 Å². The normalized spacial score (nSPS) is 10.4. The van der Waals surface area contributed by atoms with Crippen LogP contribution in [-0.2, 0) is 6.54 Å². The number of hydrogen-bond acceptors (Lipinski definition) is 2. The minimum absolute atomic E-state index is 0.708. The van der Waals surface area contributed by atoms with Crippen molar-refractivity contribution >= 4 is 5.69 Å². The molecule has 0 aromatic heterocycles. The summed E-state index contributed by atoms with van der Waals surface area (Å²) in [5, 5.41) is 3.54. The topological polar surface area (TPSA) is 21.3 Å². The van der Waals surface area contributed by atoms with E-state index >= 15 is 0 Å². The Balaban J connectivity index is 2.05. The summed E-state index contributed by atoms with van der Waals surface area (Å²) >= 11 is 0. The molecule has 0 saturated heterocycles. The molecule has 2 heteroatoms. The molecule has 2 rings (SSSR count). The van der Waals surface area contributed by atoms with E-state index in [-0.39, 0.29) is 0 Å². The Morgan fingerprint density at radius 2 is 1.55 bits per heavy atom. The van der Waals surface area contributed by atoms with Crippen molar-refractivity contribution in [1.82, 2.24) is 0 Å². The Morgan fingerprint density at radius 1 is 0.950 bits per heavy atom. The molecule has 2 aromatic carbocycles. The molecular formula is C18H23NO. The van der Waals surface area contributed by atoms with Crippen LogP contribution in [0.5, 0.6) is 5.75 Å². The van der Waals surface area contributed by atoms with Crippen molar-refractivity contribution in [3.8, 4) is 5.75 Å². The van der Waals surface area contributed by atoms with Crippen molar-refractivity contribution in [1.29, 1.82) is 0 Å². The molecule has 20 heavy (non-hydrogen) atoms. The second kappa shape index (κ2) is 6.47. The molecule has 0 amide bonds. The SMILES string of the molecule is CCOc1ccc(CNc2c(C)cc(C)cc2C)cc1. The number of hydrogen-bond donors (Lipinski definition) is 1. The van der Waals surface area contributed by atoms with Crippen LogP contribution in [0.1, 0.15) is 29.2 Å². The first kappa shape index (κ1) is 14.4. The van der Waals surface area contributed by atoms with Gasteiger partial charge < -0.3 is 10.1 Å². The van der Waals surface area contributed by atoms with Crippen LogP contribution in [0.25, 0.3) is 0 Å². The van der Waals surface area contributed by atoms with Crippen LogP contribution >= 0.6 is 0 Å². The summed E-state index contributed by atoms with van der Waals surface area (Å²) in [7, 11) is 0. The summed E-state index contributed by atoms with van der Waals surface area (Å²) in [6, 6.07) is 12.7. The van der Waals surface area contributed by atoms with Crippen LogP contribution in [0.4, 0.5) is 5.69 Å². The Bertz CT molecular complexity index is 549. The largest absolute Gasteiger partial charge is 0.494 e. The lowest BCUT2D eigenvalue weighted by atomic mass is 10.0. The number of benzene rings is 2. The number of aryl methyl sites for hydroxylation is 3. The summed E-state index contributed by atoms with van der Waals surface area (Å²) in [5.74, 6) is 0.930. The first-order chi connectivity index (χ1) is 9.60. The molecule has 0 aliphatic rings. The number of ether oxygens (including phenoxy) is 1. The van der Waals surface area contributed by atoms with E-state index < -0.39 is 0 Å². The molecule has 0 fully saturated rings.